The number of aromatic nitrogens is 2. The fraction of sp³-hybridized carbons (Fsp3) is 0.407. The lowest BCUT2D eigenvalue weighted by molar-refractivity contribution is -0.177. The maximum atomic E-state index is 13.4. The summed E-state index contributed by atoms with van der Waals surface area (Å²) in [6.07, 6.45) is 5.46. The molecular weight excluding hydrogens is 498 g/mol. The van der Waals surface area contributed by atoms with E-state index in [1.165, 1.54) is 0 Å². The van der Waals surface area contributed by atoms with Crippen molar-refractivity contribution >= 4 is 46.1 Å². The number of carbonyl (C=O) groups excluding carboxylic acids is 2. The molecule has 2 atom stereocenters. The van der Waals surface area contributed by atoms with E-state index in [2.05, 4.69) is 16.0 Å². The number of fused-ring (bicyclic) bond motifs is 1. The number of ether oxygens (including phenoxy) is 2. The second kappa shape index (κ2) is 10.2. The summed E-state index contributed by atoms with van der Waals surface area (Å²) in [5, 5.41) is 9.14. The van der Waals surface area contributed by atoms with Gasteiger partial charge in [0.2, 0.25) is 0 Å². The molecule has 7 nitrogen and oxygen atoms in total. The zero-order valence-electron chi connectivity index (χ0n) is 19.9. The molecule has 0 spiro atoms. The molecule has 1 saturated carbocycles. The fourth-order valence-corrected chi connectivity index (χ4v) is 6.57. The number of nitrogens with one attached hydrogen (secondary N) is 1. The minimum atomic E-state index is -0.967. The number of hydrogen-bond donors (Lipinski definition) is 1. The lowest BCUT2D eigenvalue weighted by Gasteiger charge is -2.42. The van der Waals surface area contributed by atoms with Crippen molar-refractivity contribution in [1.82, 2.24) is 9.97 Å². The molecule has 1 aromatic heterocycles. The van der Waals surface area contributed by atoms with Crippen LogP contribution in [-0.4, -0.2) is 39.7 Å². The number of cyclic esters (lactones) is 1. The Bertz CT molecular complexity index is 1340. The molecule has 9 heteroatoms. The molecule has 1 aliphatic heterocycles. The van der Waals surface area contributed by atoms with Gasteiger partial charge in [0.1, 0.15) is 11.4 Å². The smallest absolute Gasteiger partial charge is 0.327 e. The number of carbonyl (C=O) groups is 2. The molecule has 2 heterocycles. The second-order valence-electron chi connectivity index (χ2n) is 9.46. The Kier molecular flexibility index (Phi) is 6.96. The molecule has 186 valence electrons. The van der Waals surface area contributed by atoms with Crippen molar-refractivity contribution < 1.29 is 19.1 Å². The number of halogens is 1. The summed E-state index contributed by atoms with van der Waals surface area (Å²) < 4.78 is 11.4. The summed E-state index contributed by atoms with van der Waals surface area (Å²) in [5.74, 6) is 0.142. The van der Waals surface area contributed by atoms with Crippen molar-refractivity contribution in [3.05, 3.63) is 52.5 Å². The third-order valence-electron chi connectivity index (χ3n) is 7.25. The number of thioether (sulfide) groups is 1. The van der Waals surface area contributed by atoms with Crippen LogP contribution in [0.15, 0.2) is 41.6 Å². The average molecular weight is 524 g/mol. The first-order valence-electron chi connectivity index (χ1n) is 12.1. The first-order valence-corrected chi connectivity index (χ1v) is 13.3. The van der Waals surface area contributed by atoms with Gasteiger partial charge in [0.25, 0.3) is 0 Å². The van der Waals surface area contributed by atoms with Crippen molar-refractivity contribution in [1.29, 1.82) is 5.26 Å². The molecule has 3 aromatic rings. The first kappa shape index (κ1) is 24.7. The summed E-state index contributed by atoms with van der Waals surface area (Å²) in [7, 11) is 1.58. The average Bonchev–Trinajstić information content (AvgIpc) is 3.55. The van der Waals surface area contributed by atoms with Crippen molar-refractivity contribution in [2.24, 2.45) is 5.92 Å². The van der Waals surface area contributed by atoms with Crippen LogP contribution in [0.1, 0.15) is 49.7 Å². The number of Topliss-reactive ketones (excluding diaryl/α,β-unsaturated/α-hetero) is 1. The van der Waals surface area contributed by atoms with Crippen molar-refractivity contribution in [3.63, 3.8) is 0 Å². The molecule has 5 rings (SSSR count). The quantitative estimate of drug-likeness (QED) is 0.316. The largest absolute Gasteiger partial charge is 0.495 e. The normalized spacial score (nSPS) is 22.5. The highest BCUT2D eigenvalue weighted by molar-refractivity contribution is 8.01. The molecule has 0 radical (unpaired) electrons. The van der Waals surface area contributed by atoms with Crippen LogP contribution in [0.25, 0.3) is 11.0 Å². The Balaban J connectivity index is 1.34. The number of esters is 1. The van der Waals surface area contributed by atoms with Crippen LogP contribution in [0.3, 0.4) is 0 Å². The van der Waals surface area contributed by atoms with Crippen LogP contribution >= 0.6 is 23.4 Å². The fourth-order valence-electron chi connectivity index (χ4n) is 5.39. The number of methoxy groups -OCH3 is 1. The number of benzene rings is 2. The van der Waals surface area contributed by atoms with E-state index < -0.39 is 16.8 Å². The Hall–Kier alpha value is -3.02. The van der Waals surface area contributed by atoms with E-state index in [4.69, 9.17) is 26.3 Å². The van der Waals surface area contributed by atoms with Gasteiger partial charge in [-0.05, 0) is 67.5 Å². The Morgan fingerprint density at radius 1 is 1.25 bits per heavy atom. The van der Waals surface area contributed by atoms with E-state index >= 15 is 0 Å². The number of imidazole rings is 1. The highest BCUT2D eigenvalue weighted by Crippen LogP contribution is 2.46. The molecule has 2 aliphatic rings. The van der Waals surface area contributed by atoms with Gasteiger partial charge < -0.3 is 14.5 Å². The number of rotatable bonds is 7. The maximum Gasteiger partial charge on any atom is 0.327 e. The molecule has 36 heavy (non-hydrogen) atoms. The summed E-state index contributed by atoms with van der Waals surface area (Å²) >= 11 is 7.39. The van der Waals surface area contributed by atoms with Crippen LogP contribution in [0, 0.1) is 17.2 Å². The Morgan fingerprint density at radius 2 is 2.06 bits per heavy atom. The summed E-state index contributed by atoms with van der Waals surface area (Å²) in [6, 6.07) is 12.9. The molecule has 1 aliphatic carbocycles. The minimum Gasteiger partial charge on any atom is -0.495 e. The van der Waals surface area contributed by atoms with Crippen LogP contribution < -0.4 is 4.74 Å². The second-order valence-corrected chi connectivity index (χ2v) is 11.0. The minimum absolute atomic E-state index is 0.130. The third kappa shape index (κ3) is 4.82. The molecule has 0 amide bonds. The lowest BCUT2D eigenvalue weighted by atomic mass is 9.76. The number of H-pyrrole nitrogens is 1. The van der Waals surface area contributed by atoms with E-state index in [0.29, 0.717) is 45.4 Å². The summed E-state index contributed by atoms with van der Waals surface area (Å²) in [4.78, 5) is 34.3. The highest BCUT2D eigenvalue weighted by Gasteiger charge is 2.52. The molecule has 2 fully saturated rings. The number of nitrogens with zero attached hydrogens (tertiary/aromatic N) is 2. The zero-order chi connectivity index (χ0) is 25.3. The topological polar surface area (TPSA) is 105 Å². The first-order chi connectivity index (χ1) is 17.4. The molecule has 1 N–H and O–H groups in total. The van der Waals surface area contributed by atoms with Gasteiger partial charge in [-0.15, -0.1) is 0 Å². The van der Waals surface area contributed by atoms with Gasteiger partial charge >= 0.3 is 5.97 Å². The molecule has 0 bridgehead atoms. The number of hydrogen-bond acceptors (Lipinski definition) is 7. The summed E-state index contributed by atoms with van der Waals surface area (Å²) in [6.45, 7) is 0. The van der Waals surface area contributed by atoms with Gasteiger partial charge in [0, 0.05) is 6.42 Å². The van der Waals surface area contributed by atoms with Crippen LogP contribution in [0.5, 0.6) is 5.75 Å². The van der Waals surface area contributed by atoms with E-state index in [-0.39, 0.29) is 18.1 Å². The van der Waals surface area contributed by atoms with Gasteiger partial charge in [-0.2, -0.15) is 5.26 Å². The van der Waals surface area contributed by atoms with Crippen molar-refractivity contribution in [2.75, 3.05) is 7.11 Å². The predicted molar refractivity (Wildman–Crippen MR) is 137 cm³/mol. The Labute approximate surface area is 218 Å². The van der Waals surface area contributed by atoms with E-state index in [1.54, 1.807) is 25.3 Å². The third-order valence-corrected chi connectivity index (χ3v) is 8.66. The van der Waals surface area contributed by atoms with Gasteiger partial charge in [-0.25, -0.2) is 4.98 Å². The SMILES string of the molecule is COc1ccc(CCC2(C3CCCC3)CC(=O)C(Sc3nc4ccc(C#N)cc4[nH]3)C(=O)O2)cc1Cl. The van der Waals surface area contributed by atoms with Gasteiger partial charge in [0.05, 0.1) is 34.8 Å². The summed E-state index contributed by atoms with van der Waals surface area (Å²) in [5.41, 5.74) is 2.08. The van der Waals surface area contributed by atoms with E-state index in [1.807, 2.05) is 18.2 Å². The van der Waals surface area contributed by atoms with Crippen molar-refractivity contribution in [2.45, 2.75) is 61.0 Å². The van der Waals surface area contributed by atoms with Crippen LogP contribution in [-0.2, 0) is 20.7 Å². The van der Waals surface area contributed by atoms with Gasteiger partial charge in [0.15, 0.2) is 16.2 Å². The highest BCUT2D eigenvalue weighted by atomic mass is 35.5. The van der Waals surface area contributed by atoms with Crippen LogP contribution in [0.2, 0.25) is 5.02 Å². The van der Waals surface area contributed by atoms with E-state index in [0.717, 1.165) is 43.0 Å². The lowest BCUT2D eigenvalue weighted by Crippen LogP contribution is -2.53. The Morgan fingerprint density at radius 3 is 2.75 bits per heavy atom. The number of aryl methyl sites for hydroxylation is 1. The van der Waals surface area contributed by atoms with Crippen LogP contribution in [0.4, 0.5) is 0 Å². The molecule has 1 saturated heterocycles. The molecule has 2 unspecified atom stereocenters. The maximum absolute atomic E-state index is 13.4. The number of ketones is 1. The standard InChI is InChI=1S/C27H26ClN3O4S/c1-34-23-9-7-16(12-19(23)28)10-11-27(18-4-2-3-5-18)14-22(32)24(25(33)35-27)36-26-30-20-8-6-17(15-29)13-21(20)31-26/h6-9,12-13,18,24H,2-5,10-11,14H2,1H3,(H,30,31). The van der Waals surface area contributed by atoms with Crippen molar-refractivity contribution in [3.8, 4) is 11.8 Å². The molecule has 2 aromatic carbocycles. The number of aromatic amines is 1. The van der Waals surface area contributed by atoms with Gasteiger partial charge in [-0.1, -0.05) is 42.3 Å². The molecular formula is C27H26ClN3O4S. The zero-order valence-corrected chi connectivity index (χ0v) is 21.5. The predicted octanol–water partition coefficient (Wildman–Crippen LogP) is 5.64. The monoisotopic (exact) mass is 523 g/mol. The van der Waals surface area contributed by atoms with E-state index in [9.17, 15) is 9.59 Å². The number of nitriles is 1. The van der Waals surface area contributed by atoms with Gasteiger partial charge in [-0.3, -0.25) is 9.59 Å².